The fourth-order valence-electron chi connectivity index (χ4n) is 2.26. The van der Waals surface area contributed by atoms with Gasteiger partial charge in [-0.15, -0.1) is 12.4 Å². The highest BCUT2D eigenvalue weighted by molar-refractivity contribution is 6.35. The molecule has 0 unspecified atom stereocenters. The molecule has 98 valence electrons. The molecule has 0 amide bonds. The lowest BCUT2D eigenvalue weighted by molar-refractivity contribution is 0.280. The first-order valence-electron chi connectivity index (χ1n) is 5.71. The van der Waals surface area contributed by atoms with Gasteiger partial charge >= 0.3 is 0 Å². The number of nitrogens with one attached hydrogen (secondary N) is 1. The number of hydrogen-bond acceptors (Lipinski definition) is 2. The van der Waals surface area contributed by atoms with E-state index in [2.05, 4.69) is 11.4 Å². The van der Waals surface area contributed by atoms with E-state index in [0.29, 0.717) is 16.5 Å². The zero-order chi connectivity index (χ0) is 12.3. The molecule has 0 bridgehead atoms. The molecule has 0 aliphatic carbocycles. The quantitative estimate of drug-likeness (QED) is 0.901. The van der Waals surface area contributed by atoms with Crippen molar-refractivity contribution in [3.63, 3.8) is 0 Å². The minimum atomic E-state index is -0.275. The van der Waals surface area contributed by atoms with Gasteiger partial charge in [-0.2, -0.15) is 5.26 Å². The van der Waals surface area contributed by atoms with Gasteiger partial charge in [-0.05, 0) is 50.0 Å². The van der Waals surface area contributed by atoms with Crippen LogP contribution in [0.4, 0.5) is 0 Å². The fourth-order valence-corrected chi connectivity index (χ4v) is 2.74. The first-order chi connectivity index (χ1) is 8.15. The Morgan fingerprint density at radius 2 is 1.94 bits per heavy atom. The second-order valence-electron chi connectivity index (χ2n) is 4.55. The van der Waals surface area contributed by atoms with Crippen LogP contribution in [-0.2, 0) is 6.42 Å². The van der Waals surface area contributed by atoms with Crippen LogP contribution in [0, 0.1) is 16.7 Å². The summed E-state index contributed by atoms with van der Waals surface area (Å²) in [6, 6.07) is 7.97. The molecule has 1 saturated heterocycles. The molecule has 1 aromatic carbocycles. The van der Waals surface area contributed by atoms with E-state index in [1.807, 2.05) is 12.1 Å². The number of nitrogens with zero attached hydrogens (tertiary/aromatic N) is 1. The van der Waals surface area contributed by atoms with Crippen LogP contribution in [0.3, 0.4) is 0 Å². The van der Waals surface area contributed by atoms with Crippen molar-refractivity contribution in [2.75, 3.05) is 13.1 Å². The summed E-state index contributed by atoms with van der Waals surface area (Å²) in [5, 5.41) is 14.0. The van der Waals surface area contributed by atoms with Crippen LogP contribution in [0.5, 0.6) is 0 Å². The number of benzene rings is 1. The molecular formula is C13H15Cl3N2. The van der Waals surface area contributed by atoms with Gasteiger partial charge in [0.15, 0.2) is 0 Å². The second kappa shape index (κ2) is 6.63. The van der Waals surface area contributed by atoms with E-state index in [1.54, 1.807) is 6.07 Å². The first-order valence-corrected chi connectivity index (χ1v) is 6.47. The van der Waals surface area contributed by atoms with Gasteiger partial charge in [0.05, 0.1) is 11.5 Å². The van der Waals surface area contributed by atoms with E-state index in [-0.39, 0.29) is 17.8 Å². The molecule has 1 aliphatic rings. The Bertz CT molecular complexity index is 448. The van der Waals surface area contributed by atoms with E-state index in [9.17, 15) is 5.26 Å². The molecule has 0 saturated carbocycles. The van der Waals surface area contributed by atoms with Gasteiger partial charge in [0.2, 0.25) is 0 Å². The maximum atomic E-state index is 9.40. The largest absolute Gasteiger partial charge is 0.317 e. The SMILES string of the molecule is Cl.N#CC1(Cc2ccc(Cl)cc2Cl)CCNCC1. The summed E-state index contributed by atoms with van der Waals surface area (Å²) >= 11 is 12.0. The van der Waals surface area contributed by atoms with Crippen molar-refractivity contribution in [2.24, 2.45) is 5.41 Å². The van der Waals surface area contributed by atoms with E-state index >= 15 is 0 Å². The zero-order valence-electron chi connectivity index (χ0n) is 9.88. The second-order valence-corrected chi connectivity index (χ2v) is 5.40. The summed E-state index contributed by atoms with van der Waals surface area (Å²) in [6.07, 6.45) is 2.46. The lowest BCUT2D eigenvalue weighted by Gasteiger charge is -2.31. The Balaban J connectivity index is 0.00000162. The molecule has 2 rings (SSSR count). The van der Waals surface area contributed by atoms with Crippen molar-refractivity contribution in [1.82, 2.24) is 5.32 Å². The summed E-state index contributed by atoms with van der Waals surface area (Å²) in [5.74, 6) is 0. The van der Waals surface area contributed by atoms with Crippen molar-refractivity contribution >= 4 is 35.6 Å². The molecule has 0 aromatic heterocycles. The molecule has 2 nitrogen and oxygen atoms in total. The van der Waals surface area contributed by atoms with Crippen LogP contribution in [-0.4, -0.2) is 13.1 Å². The highest BCUT2D eigenvalue weighted by atomic mass is 35.5. The standard InChI is InChI=1S/C13H14Cl2N2.ClH/c14-11-2-1-10(12(15)7-11)8-13(9-16)3-5-17-6-4-13;/h1-2,7,17H,3-6,8H2;1H. The molecule has 0 radical (unpaired) electrons. The van der Waals surface area contributed by atoms with Crippen LogP contribution in [0.25, 0.3) is 0 Å². The molecule has 1 N–H and O–H groups in total. The smallest absolute Gasteiger partial charge is 0.0694 e. The fraction of sp³-hybridized carbons (Fsp3) is 0.462. The normalized spacial score (nSPS) is 17.6. The van der Waals surface area contributed by atoms with Crippen LogP contribution in [0.1, 0.15) is 18.4 Å². The number of piperidine rings is 1. The average Bonchev–Trinajstić information content (AvgIpc) is 2.34. The monoisotopic (exact) mass is 304 g/mol. The van der Waals surface area contributed by atoms with Gasteiger partial charge in [-0.25, -0.2) is 0 Å². The lowest BCUT2D eigenvalue weighted by atomic mass is 9.75. The molecule has 1 aliphatic heterocycles. The molecule has 0 spiro atoms. The Hall–Kier alpha value is -0.460. The Kier molecular flexibility index (Phi) is 5.75. The highest BCUT2D eigenvalue weighted by Gasteiger charge is 2.32. The van der Waals surface area contributed by atoms with Gasteiger partial charge in [-0.3, -0.25) is 0 Å². The summed E-state index contributed by atoms with van der Waals surface area (Å²) in [6.45, 7) is 1.80. The van der Waals surface area contributed by atoms with Crippen LogP contribution < -0.4 is 5.32 Å². The van der Waals surface area contributed by atoms with Gasteiger partial charge in [0.25, 0.3) is 0 Å². The molecule has 1 heterocycles. The van der Waals surface area contributed by atoms with Crippen LogP contribution in [0.15, 0.2) is 18.2 Å². The van der Waals surface area contributed by atoms with E-state index in [4.69, 9.17) is 23.2 Å². The zero-order valence-corrected chi connectivity index (χ0v) is 12.2. The molecule has 0 atom stereocenters. The number of nitriles is 1. The predicted molar refractivity (Wildman–Crippen MR) is 77.6 cm³/mol. The van der Waals surface area contributed by atoms with Gasteiger partial charge in [0, 0.05) is 10.0 Å². The van der Waals surface area contributed by atoms with E-state index in [1.165, 1.54) is 0 Å². The van der Waals surface area contributed by atoms with Crippen molar-refractivity contribution in [1.29, 1.82) is 5.26 Å². The van der Waals surface area contributed by atoms with Crippen molar-refractivity contribution < 1.29 is 0 Å². The lowest BCUT2D eigenvalue weighted by Crippen LogP contribution is -2.37. The minimum absolute atomic E-state index is 0. The highest BCUT2D eigenvalue weighted by Crippen LogP contribution is 2.34. The number of halogens is 3. The van der Waals surface area contributed by atoms with Crippen LogP contribution >= 0.6 is 35.6 Å². The molecular weight excluding hydrogens is 291 g/mol. The summed E-state index contributed by atoms with van der Waals surface area (Å²) in [4.78, 5) is 0. The maximum absolute atomic E-state index is 9.40. The van der Waals surface area contributed by atoms with Crippen molar-refractivity contribution in [2.45, 2.75) is 19.3 Å². The average molecular weight is 306 g/mol. The topological polar surface area (TPSA) is 35.8 Å². The van der Waals surface area contributed by atoms with Gasteiger partial charge in [0.1, 0.15) is 0 Å². The van der Waals surface area contributed by atoms with E-state index < -0.39 is 0 Å². The maximum Gasteiger partial charge on any atom is 0.0694 e. The Morgan fingerprint density at radius 1 is 1.28 bits per heavy atom. The molecule has 5 heteroatoms. The molecule has 1 aromatic rings. The Morgan fingerprint density at radius 3 is 2.50 bits per heavy atom. The Labute approximate surface area is 124 Å². The summed E-state index contributed by atoms with van der Waals surface area (Å²) in [7, 11) is 0. The van der Waals surface area contributed by atoms with Crippen molar-refractivity contribution in [3.8, 4) is 6.07 Å². The van der Waals surface area contributed by atoms with Crippen molar-refractivity contribution in [3.05, 3.63) is 33.8 Å². The summed E-state index contributed by atoms with van der Waals surface area (Å²) < 4.78 is 0. The van der Waals surface area contributed by atoms with Gasteiger partial charge in [-0.1, -0.05) is 29.3 Å². The third-order valence-corrected chi connectivity index (χ3v) is 3.93. The van der Waals surface area contributed by atoms with Crippen LogP contribution in [0.2, 0.25) is 10.0 Å². The summed E-state index contributed by atoms with van der Waals surface area (Å²) in [5.41, 5.74) is 0.738. The van der Waals surface area contributed by atoms with Gasteiger partial charge < -0.3 is 5.32 Å². The number of rotatable bonds is 2. The minimum Gasteiger partial charge on any atom is -0.317 e. The molecule has 18 heavy (non-hydrogen) atoms. The first kappa shape index (κ1) is 15.6. The number of hydrogen-bond donors (Lipinski definition) is 1. The third-order valence-electron chi connectivity index (χ3n) is 3.34. The van der Waals surface area contributed by atoms with E-state index in [0.717, 1.165) is 31.5 Å². The molecule has 1 fully saturated rings. The third kappa shape index (κ3) is 3.52. The predicted octanol–water partition coefficient (Wildman–Crippen LogP) is 3.85.